The van der Waals surface area contributed by atoms with Gasteiger partial charge in [-0.1, -0.05) is 6.07 Å². The Labute approximate surface area is 262 Å². The van der Waals surface area contributed by atoms with E-state index in [-0.39, 0.29) is 32.6 Å². The quantitative estimate of drug-likeness (QED) is 0.0974. The Kier molecular flexibility index (Phi) is 10.1. The van der Waals surface area contributed by atoms with Crippen molar-refractivity contribution in [3.8, 4) is 5.75 Å². The highest BCUT2D eigenvalue weighted by Gasteiger charge is 2.16. The van der Waals surface area contributed by atoms with E-state index in [1.165, 1.54) is 66.9 Å². The number of nitrogens with two attached hydrogens (primary N) is 1. The fourth-order valence-electron chi connectivity index (χ4n) is 3.43. The number of nitrogen functional groups attached to an aromatic ring is 1. The van der Waals surface area contributed by atoms with Crippen LogP contribution in [0.3, 0.4) is 0 Å². The Bertz CT molecular complexity index is 2030. The second-order valence-corrected chi connectivity index (χ2v) is 13.2. The van der Waals surface area contributed by atoms with E-state index in [0.717, 1.165) is 17.2 Å². The van der Waals surface area contributed by atoms with Gasteiger partial charge in [-0.2, -0.15) is 14.6 Å². The van der Waals surface area contributed by atoms with E-state index in [1.54, 1.807) is 37.3 Å². The fourth-order valence-corrected chi connectivity index (χ4v) is 6.38. The highest BCUT2D eigenvalue weighted by atomic mass is 32.2. The van der Waals surface area contributed by atoms with Crippen LogP contribution in [0.15, 0.2) is 117 Å². The van der Waals surface area contributed by atoms with Crippen molar-refractivity contribution in [1.82, 2.24) is 9.36 Å². The van der Waals surface area contributed by atoms with E-state index in [0.29, 0.717) is 16.4 Å². The predicted molar refractivity (Wildman–Crippen MR) is 169 cm³/mol. The molecule has 2 heterocycles. The molecule has 0 amide bonds. The maximum absolute atomic E-state index is 12.3. The van der Waals surface area contributed by atoms with Gasteiger partial charge < -0.3 is 15.9 Å². The zero-order chi connectivity index (χ0) is 32.6. The number of aromatic hydroxyl groups is 1. The lowest BCUT2D eigenvalue weighted by molar-refractivity contribution is 0.0693. The standard InChI is InChI=1S/C18H14N4O5S.C10H11N3O2S2/c23-16-9-6-13(11-15(16)18(24)25)21-20-12-4-7-14(8-5-12)28(26,27)22-17-3-1-2-10-19-17;1-7-6-10(16-12-7)13-17(14,15)9-4-2-8(11)3-5-9/h1-11,23H,(H,19,22)(H,24,25);2-6,13H,11H2,1H3/b21-20+;. The number of sulfonamides is 2. The summed E-state index contributed by atoms with van der Waals surface area (Å²) in [5.41, 5.74) is 7.11. The summed E-state index contributed by atoms with van der Waals surface area (Å²) in [6.07, 6.45) is 1.47. The number of aromatic carboxylic acids is 1. The molecular formula is C28H25N7O7S3. The molecule has 0 unspecified atom stereocenters. The molecule has 0 atom stereocenters. The molecule has 0 fully saturated rings. The summed E-state index contributed by atoms with van der Waals surface area (Å²) in [6.45, 7) is 1.80. The van der Waals surface area contributed by atoms with Crippen LogP contribution >= 0.6 is 11.5 Å². The van der Waals surface area contributed by atoms with Crippen LogP contribution in [-0.2, 0) is 20.0 Å². The van der Waals surface area contributed by atoms with Gasteiger partial charge in [-0.05, 0) is 103 Å². The van der Waals surface area contributed by atoms with Crippen molar-refractivity contribution in [1.29, 1.82) is 0 Å². The zero-order valence-corrected chi connectivity index (χ0v) is 25.7. The minimum atomic E-state index is -3.79. The lowest BCUT2D eigenvalue weighted by Gasteiger charge is -2.07. The number of nitrogens with one attached hydrogen (secondary N) is 2. The summed E-state index contributed by atoms with van der Waals surface area (Å²) in [7, 11) is -7.35. The first-order valence-electron chi connectivity index (χ1n) is 12.7. The van der Waals surface area contributed by atoms with Gasteiger partial charge in [0.05, 0.1) is 26.9 Å². The van der Waals surface area contributed by atoms with Crippen LogP contribution in [-0.4, -0.2) is 42.4 Å². The number of azo groups is 1. The van der Waals surface area contributed by atoms with Crippen LogP contribution in [0.5, 0.6) is 5.75 Å². The molecule has 0 radical (unpaired) electrons. The first-order chi connectivity index (χ1) is 21.3. The Morgan fingerprint density at radius 1 is 0.822 bits per heavy atom. The van der Waals surface area contributed by atoms with Crippen molar-refractivity contribution in [3.63, 3.8) is 0 Å². The van der Waals surface area contributed by atoms with Crippen molar-refractivity contribution in [2.24, 2.45) is 10.2 Å². The normalized spacial score (nSPS) is 11.4. The number of pyridine rings is 1. The molecule has 0 spiro atoms. The summed E-state index contributed by atoms with van der Waals surface area (Å²) in [5, 5.41) is 26.8. The summed E-state index contributed by atoms with van der Waals surface area (Å²) in [6, 6.07) is 22.0. The summed E-state index contributed by atoms with van der Waals surface area (Å²) < 4.78 is 57.4. The molecule has 0 aliphatic rings. The molecule has 45 heavy (non-hydrogen) atoms. The Morgan fingerprint density at radius 2 is 1.42 bits per heavy atom. The number of rotatable bonds is 9. The molecule has 14 nitrogen and oxygen atoms in total. The average Bonchev–Trinajstić information content (AvgIpc) is 3.41. The number of benzene rings is 3. The largest absolute Gasteiger partial charge is 0.507 e. The molecular weight excluding hydrogens is 643 g/mol. The van der Waals surface area contributed by atoms with Gasteiger partial charge in [-0.25, -0.2) is 26.6 Å². The Hall–Kier alpha value is -5.39. The molecule has 0 aliphatic heterocycles. The molecule has 0 saturated heterocycles. The Morgan fingerprint density at radius 3 is 2.00 bits per heavy atom. The van der Waals surface area contributed by atoms with E-state index in [1.807, 2.05) is 0 Å². The van der Waals surface area contributed by atoms with Crippen LogP contribution in [0.4, 0.5) is 27.9 Å². The van der Waals surface area contributed by atoms with Crippen LogP contribution in [0.25, 0.3) is 0 Å². The summed E-state index contributed by atoms with van der Waals surface area (Å²) in [5.74, 6) is -1.46. The number of aryl methyl sites for hydroxylation is 1. The van der Waals surface area contributed by atoms with Gasteiger partial charge in [-0.15, -0.1) is 0 Å². The molecule has 6 N–H and O–H groups in total. The van der Waals surface area contributed by atoms with Gasteiger partial charge in [0.1, 0.15) is 22.1 Å². The van der Waals surface area contributed by atoms with E-state index in [4.69, 9.17) is 10.8 Å². The van der Waals surface area contributed by atoms with Crippen molar-refractivity contribution in [2.75, 3.05) is 15.2 Å². The van der Waals surface area contributed by atoms with Gasteiger partial charge >= 0.3 is 5.97 Å². The summed E-state index contributed by atoms with van der Waals surface area (Å²) >= 11 is 1.11. The van der Waals surface area contributed by atoms with Crippen molar-refractivity contribution in [3.05, 3.63) is 108 Å². The number of nitrogens with zero attached hydrogens (tertiary/aromatic N) is 4. The minimum Gasteiger partial charge on any atom is -0.507 e. The topological polar surface area (TPSA) is 226 Å². The van der Waals surface area contributed by atoms with E-state index in [9.17, 15) is 26.7 Å². The summed E-state index contributed by atoms with van der Waals surface area (Å²) in [4.78, 5) is 15.1. The van der Waals surface area contributed by atoms with Gasteiger partial charge in [0.15, 0.2) is 0 Å². The average molecular weight is 668 g/mol. The molecule has 232 valence electrons. The van der Waals surface area contributed by atoms with Gasteiger partial charge in [0.25, 0.3) is 20.0 Å². The van der Waals surface area contributed by atoms with Crippen LogP contribution in [0.1, 0.15) is 16.1 Å². The minimum absolute atomic E-state index is 0.0231. The fraction of sp³-hybridized carbons (Fsp3) is 0.0357. The van der Waals surface area contributed by atoms with E-state index in [2.05, 4.69) is 29.0 Å². The van der Waals surface area contributed by atoms with E-state index >= 15 is 0 Å². The highest BCUT2D eigenvalue weighted by Crippen LogP contribution is 2.26. The van der Waals surface area contributed by atoms with Crippen molar-refractivity contribution < 1.29 is 31.8 Å². The first kappa shape index (κ1) is 32.5. The van der Waals surface area contributed by atoms with Crippen molar-refractivity contribution in [2.45, 2.75) is 16.7 Å². The molecule has 0 aliphatic carbocycles. The van der Waals surface area contributed by atoms with Gasteiger partial charge in [0.2, 0.25) is 0 Å². The maximum atomic E-state index is 12.3. The number of aromatic nitrogens is 2. The monoisotopic (exact) mass is 667 g/mol. The number of carboxylic acid groups (broad SMARTS) is 1. The maximum Gasteiger partial charge on any atom is 0.339 e. The molecule has 5 rings (SSSR count). The third kappa shape index (κ3) is 9.05. The lowest BCUT2D eigenvalue weighted by atomic mass is 10.2. The number of carboxylic acids is 1. The van der Waals surface area contributed by atoms with E-state index < -0.39 is 26.0 Å². The van der Waals surface area contributed by atoms with Crippen LogP contribution in [0, 0.1) is 6.92 Å². The number of hydrogen-bond acceptors (Lipinski definition) is 12. The second kappa shape index (κ2) is 13.9. The molecule has 0 saturated carbocycles. The SMILES string of the molecule is Cc1cc(NS(=O)(=O)c2ccc(N)cc2)sn1.O=C(O)c1cc(/N=N/c2ccc(S(=O)(=O)Nc3ccccn3)cc2)ccc1O. The number of phenols is 1. The molecule has 3 aromatic carbocycles. The smallest absolute Gasteiger partial charge is 0.339 e. The lowest BCUT2D eigenvalue weighted by Crippen LogP contribution is -2.13. The van der Waals surface area contributed by atoms with Gasteiger partial charge in [0, 0.05) is 11.9 Å². The molecule has 17 heteroatoms. The third-order valence-corrected chi connectivity index (χ3v) is 9.27. The number of anilines is 3. The second-order valence-electron chi connectivity index (χ2n) is 9.03. The van der Waals surface area contributed by atoms with Crippen LogP contribution < -0.4 is 15.2 Å². The highest BCUT2D eigenvalue weighted by molar-refractivity contribution is 7.93. The van der Waals surface area contributed by atoms with Crippen molar-refractivity contribution >= 4 is 65.4 Å². The molecule has 2 aromatic heterocycles. The zero-order valence-electron chi connectivity index (χ0n) is 23.3. The third-order valence-electron chi connectivity index (χ3n) is 5.60. The molecule has 0 bridgehead atoms. The first-order valence-corrected chi connectivity index (χ1v) is 16.4. The molecule has 5 aromatic rings. The number of hydrogen-bond donors (Lipinski definition) is 5. The number of carbonyl (C=O) groups is 1. The van der Waals surface area contributed by atoms with Crippen LogP contribution in [0.2, 0.25) is 0 Å². The predicted octanol–water partition coefficient (Wildman–Crippen LogP) is 5.54. The van der Waals surface area contributed by atoms with Gasteiger partial charge in [-0.3, -0.25) is 9.44 Å². The Balaban J connectivity index is 0.000000231.